The van der Waals surface area contributed by atoms with Crippen LogP contribution in [0.1, 0.15) is 34.0 Å². The zero-order valence-corrected chi connectivity index (χ0v) is 9.81. The molecule has 1 unspecified atom stereocenters. The normalized spacial score (nSPS) is 24.9. The van der Waals surface area contributed by atoms with Crippen molar-refractivity contribution in [2.45, 2.75) is 18.8 Å². The van der Waals surface area contributed by atoms with E-state index in [0.29, 0.717) is 10.6 Å². The van der Waals surface area contributed by atoms with E-state index in [9.17, 15) is 13.2 Å². The number of thiophene rings is 1. The number of carbonyl (C=O) groups excluding carboxylic acids is 1. The summed E-state index contributed by atoms with van der Waals surface area (Å²) in [5.41, 5.74) is 1.00. The Balaban J connectivity index is 2.20. The van der Waals surface area contributed by atoms with Crippen molar-refractivity contribution in [3.05, 3.63) is 21.9 Å². The van der Waals surface area contributed by atoms with Gasteiger partial charge in [0.15, 0.2) is 16.1 Å². The molecule has 3 nitrogen and oxygen atoms in total. The van der Waals surface area contributed by atoms with Crippen LogP contribution < -0.4 is 0 Å². The molecule has 1 aliphatic rings. The highest BCUT2D eigenvalue weighted by atomic mass is 32.2. The van der Waals surface area contributed by atoms with Gasteiger partial charge in [-0.15, -0.1) is 11.3 Å². The van der Waals surface area contributed by atoms with Gasteiger partial charge in [-0.25, -0.2) is 8.42 Å². The Bertz CT molecular complexity index is 459. The predicted octanol–water partition coefficient (Wildman–Crippen LogP) is 1.85. The van der Waals surface area contributed by atoms with E-state index < -0.39 is 9.84 Å². The Labute approximate surface area is 93.0 Å². The van der Waals surface area contributed by atoms with Crippen LogP contribution >= 0.6 is 11.3 Å². The molecule has 1 aliphatic heterocycles. The van der Waals surface area contributed by atoms with E-state index in [0.717, 1.165) is 24.7 Å². The lowest BCUT2D eigenvalue weighted by molar-refractivity contribution is 0.112. The first-order chi connectivity index (χ1) is 7.11. The Morgan fingerprint density at radius 1 is 1.47 bits per heavy atom. The maximum atomic E-state index is 11.4. The van der Waals surface area contributed by atoms with Crippen LogP contribution in [0.15, 0.2) is 11.4 Å². The SMILES string of the molecule is O=Cc1cc(C2CCCS(=O)(=O)C2)cs1. The van der Waals surface area contributed by atoms with Crippen LogP contribution in [-0.2, 0) is 9.84 Å². The molecule has 0 aliphatic carbocycles. The third-order valence-electron chi connectivity index (χ3n) is 2.69. The fourth-order valence-electron chi connectivity index (χ4n) is 1.93. The first-order valence-electron chi connectivity index (χ1n) is 4.85. The molecular weight excluding hydrogens is 232 g/mol. The van der Waals surface area contributed by atoms with E-state index in [-0.39, 0.29) is 11.7 Å². The molecule has 2 rings (SSSR count). The number of carbonyl (C=O) groups is 1. The molecule has 0 spiro atoms. The Hall–Kier alpha value is -0.680. The molecule has 0 radical (unpaired) electrons. The van der Waals surface area contributed by atoms with Crippen molar-refractivity contribution in [2.24, 2.45) is 0 Å². The lowest BCUT2D eigenvalue weighted by Crippen LogP contribution is -2.23. The van der Waals surface area contributed by atoms with Gasteiger partial charge in [-0.3, -0.25) is 4.79 Å². The van der Waals surface area contributed by atoms with Gasteiger partial charge < -0.3 is 0 Å². The Morgan fingerprint density at radius 2 is 2.27 bits per heavy atom. The van der Waals surface area contributed by atoms with E-state index in [2.05, 4.69) is 0 Å². The lowest BCUT2D eigenvalue weighted by Gasteiger charge is -2.20. The quantitative estimate of drug-likeness (QED) is 0.746. The van der Waals surface area contributed by atoms with Gasteiger partial charge in [-0.1, -0.05) is 0 Å². The highest BCUT2D eigenvalue weighted by molar-refractivity contribution is 7.91. The molecule has 0 saturated carbocycles. The third-order valence-corrected chi connectivity index (χ3v) is 5.39. The van der Waals surface area contributed by atoms with Crippen molar-refractivity contribution >= 4 is 27.5 Å². The molecule has 0 aromatic carbocycles. The van der Waals surface area contributed by atoms with Crippen LogP contribution in [0.5, 0.6) is 0 Å². The molecule has 5 heteroatoms. The monoisotopic (exact) mass is 244 g/mol. The average Bonchev–Trinajstić information content (AvgIpc) is 2.64. The maximum Gasteiger partial charge on any atom is 0.160 e. The van der Waals surface area contributed by atoms with Crippen LogP contribution in [0.2, 0.25) is 0 Å². The van der Waals surface area contributed by atoms with Crippen LogP contribution in [0.4, 0.5) is 0 Å². The van der Waals surface area contributed by atoms with E-state index in [1.807, 2.05) is 11.4 Å². The van der Waals surface area contributed by atoms with Gasteiger partial charge in [0.2, 0.25) is 0 Å². The molecule has 0 amide bonds. The maximum absolute atomic E-state index is 11.4. The van der Waals surface area contributed by atoms with E-state index >= 15 is 0 Å². The second-order valence-corrected chi connectivity index (χ2v) is 7.03. The summed E-state index contributed by atoms with van der Waals surface area (Å²) in [6, 6.07) is 1.81. The van der Waals surface area contributed by atoms with E-state index in [4.69, 9.17) is 0 Å². The zero-order valence-electron chi connectivity index (χ0n) is 8.18. The smallest absolute Gasteiger partial charge is 0.160 e. The van der Waals surface area contributed by atoms with E-state index in [1.54, 1.807) is 0 Å². The van der Waals surface area contributed by atoms with Gasteiger partial charge in [-0.2, -0.15) is 0 Å². The van der Waals surface area contributed by atoms with Crippen LogP contribution in [0.25, 0.3) is 0 Å². The number of hydrogen-bond acceptors (Lipinski definition) is 4. The molecule has 15 heavy (non-hydrogen) atoms. The van der Waals surface area contributed by atoms with Crippen LogP contribution in [-0.4, -0.2) is 26.2 Å². The first-order valence-corrected chi connectivity index (χ1v) is 7.55. The topological polar surface area (TPSA) is 51.2 Å². The number of rotatable bonds is 2. The Kier molecular flexibility index (Phi) is 2.93. The molecule has 0 N–H and O–H groups in total. The first kappa shape index (κ1) is 10.8. The van der Waals surface area contributed by atoms with Crippen molar-refractivity contribution in [3.8, 4) is 0 Å². The van der Waals surface area contributed by atoms with Crippen LogP contribution in [0.3, 0.4) is 0 Å². The van der Waals surface area contributed by atoms with Gasteiger partial charge >= 0.3 is 0 Å². The second-order valence-electron chi connectivity index (χ2n) is 3.85. The Morgan fingerprint density at radius 3 is 2.87 bits per heavy atom. The van der Waals surface area contributed by atoms with Crippen molar-refractivity contribution in [3.63, 3.8) is 0 Å². The summed E-state index contributed by atoms with van der Waals surface area (Å²) in [7, 11) is -2.86. The molecule has 82 valence electrons. The molecule has 0 bridgehead atoms. The summed E-state index contributed by atoms with van der Waals surface area (Å²) in [6.45, 7) is 0. The largest absolute Gasteiger partial charge is 0.297 e. The highest BCUT2D eigenvalue weighted by Gasteiger charge is 2.26. The number of hydrogen-bond donors (Lipinski definition) is 0. The van der Waals surface area contributed by atoms with E-state index in [1.165, 1.54) is 11.3 Å². The second kappa shape index (κ2) is 4.06. The molecular formula is C10H12O3S2. The predicted molar refractivity (Wildman–Crippen MR) is 60.3 cm³/mol. The summed E-state index contributed by atoms with van der Waals surface area (Å²) >= 11 is 1.38. The molecule has 1 atom stereocenters. The lowest BCUT2D eigenvalue weighted by atomic mass is 9.98. The van der Waals surface area contributed by atoms with Gasteiger partial charge in [0, 0.05) is 0 Å². The number of sulfone groups is 1. The van der Waals surface area contributed by atoms with Gasteiger partial charge in [0.05, 0.1) is 16.4 Å². The molecule has 1 aromatic rings. The number of aldehydes is 1. The molecule has 1 fully saturated rings. The van der Waals surface area contributed by atoms with Gasteiger partial charge in [0.25, 0.3) is 0 Å². The molecule has 1 aromatic heterocycles. The minimum Gasteiger partial charge on any atom is -0.297 e. The third kappa shape index (κ3) is 2.46. The minimum atomic E-state index is -2.86. The summed E-state index contributed by atoms with van der Waals surface area (Å²) in [5.74, 6) is 0.643. The summed E-state index contributed by atoms with van der Waals surface area (Å²) < 4.78 is 22.9. The van der Waals surface area contributed by atoms with Crippen molar-refractivity contribution in [1.29, 1.82) is 0 Å². The molecule has 2 heterocycles. The molecule has 1 saturated heterocycles. The van der Waals surface area contributed by atoms with Crippen molar-refractivity contribution in [2.75, 3.05) is 11.5 Å². The fraction of sp³-hybridized carbons (Fsp3) is 0.500. The zero-order chi connectivity index (χ0) is 10.9. The van der Waals surface area contributed by atoms with Gasteiger partial charge in [0.1, 0.15) is 0 Å². The summed E-state index contributed by atoms with van der Waals surface area (Å²) in [6.07, 6.45) is 2.46. The minimum absolute atomic E-state index is 0.0914. The highest BCUT2D eigenvalue weighted by Crippen LogP contribution is 2.30. The van der Waals surface area contributed by atoms with Crippen molar-refractivity contribution in [1.82, 2.24) is 0 Å². The summed E-state index contributed by atoms with van der Waals surface area (Å²) in [5, 5.41) is 1.90. The van der Waals surface area contributed by atoms with Crippen molar-refractivity contribution < 1.29 is 13.2 Å². The average molecular weight is 244 g/mol. The summed E-state index contributed by atoms with van der Waals surface area (Å²) in [4.78, 5) is 11.2. The van der Waals surface area contributed by atoms with Crippen LogP contribution in [0, 0.1) is 0 Å². The van der Waals surface area contributed by atoms with Gasteiger partial charge in [-0.05, 0) is 35.8 Å². The fourth-order valence-corrected chi connectivity index (χ4v) is 4.47. The standard InChI is InChI=1S/C10H12O3S2/c11-5-10-4-9(6-14-10)8-2-1-3-15(12,13)7-8/h4-6,8H,1-3,7H2.